The van der Waals surface area contributed by atoms with E-state index in [-0.39, 0.29) is 11.4 Å². The van der Waals surface area contributed by atoms with Gasteiger partial charge in [0.2, 0.25) is 0 Å². The summed E-state index contributed by atoms with van der Waals surface area (Å²) in [6.07, 6.45) is 3.60. The number of ether oxygens (including phenoxy) is 1. The van der Waals surface area contributed by atoms with Gasteiger partial charge in [-0.1, -0.05) is 48.4 Å². The molecule has 1 heterocycles. The van der Waals surface area contributed by atoms with Crippen LogP contribution in [0.4, 0.5) is 5.82 Å². The van der Waals surface area contributed by atoms with Crippen LogP contribution in [0, 0.1) is 11.3 Å². The molecule has 2 aromatic carbocycles. The van der Waals surface area contributed by atoms with Crippen LogP contribution in [0.5, 0.6) is 0 Å². The van der Waals surface area contributed by atoms with Crippen molar-refractivity contribution in [2.45, 2.75) is 24.7 Å². The fourth-order valence-electron chi connectivity index (χ4n) is 3.66. The molecule has 0 atom stereocenters. The first kappa shape index (κ1) is 20.6. The molecule has 1 saturated carbocycles. The summed E-state index contributed by atoms with van der Waals surface area (Å²) in [6.45, 7) is -0.459. The largest absolute Gasteiger partial charge is 0.455 e. The highest BCUT2D eigenvalue weighted by Gasteiger charge is 2.47. The molecule has 1 aliphatic carbocycles. The third-order valence-corrected chi connectivity index (χ3v) is 5.73. The fraction of sp³-hybridized carbons (Fsp3) is 0.217. The molecule has 1 aliphatic rings. The summed E-state index contributed by atoms with van der Waals surface area (Å²) in [4.78, 5) is 25.4. The first-order chi connectivity index (χ1) is 15.0. The average Bonchev–Trinajstić information content (AvgIpc) is 3.16. The predicted octanol–water partition coefficient (Wildman–Crippen LogP) is 4.00. The van der Waals surface area contributed by atoms with Crippen LogP contribution in [-0.2, 0) is 19.7 Å². The first-order valence-electron chi connectivity index (χ1n) is 9.80. The van der Waals surface area contributed by atoms with Crippen molar-refractivity contribution in [2.75, 3.05) is 11.9 Å². The van der Waals surface area contributed by atoms with Crippen molar-refractivity contribution in [3.63, 3.8) is 0 Å². The Kier molecular flexibility index (Phi) is 5.74. The Morgan fingerprint density at radius 3 is 2.48 bits per heavy atom. The van der Waals surface area contributed by atoms with Gasteiger partial charge in [-0.15, -0.1) is 0 Å². The zero-order valence-electron chi connectivity index (χ0n) is 16.5. The van der Waals surface area contributed by atoms with E-state index in [4.69, 9.17) is 16.3 Å². The van der Waals surface area contributed by atoms with Gasteiger partial charge in [-0.2, -0.15) is 10.4 Å². The van der Waals surface area contributed by atoms with E-state index in [2.05, 4.69) is 10.4 Å². The monoisotopic (exact) mass is 434 g/mol. The van der Waals surface area contributed by atoms with E-state index in [1.807, 2.05) is 36.4 Å². The molecule has 8 heteroatoms. The molecule has 0 saturated heterocycles. The lowest BCUT2D eigenvalue weighted by Gasteiger charge is -2.39. The molecule has 0 unspecified atom stereocenters. The molecule has 1 fully saturated rings. The number of esters is 1. The summed E-state index contributed by atoms with van der Waals surface area (Å²) in [5.41, 5.74) is 0.990. The quantitative estimate of drug-likeness (QED) is 0.591. The first-order valence-corrected chi connectivity index (χ1v) is 10.2. The third kappa shape index (κ3) is 4.03. The number of nitriles is 1. The number of benzene rings is 2. The van der Waals surface area contributed by atoms with Crippen LogP contribution in [0.25, 0.3) is 5.69 Å². The molecule has 4 rings (SSSR count). The number of hydrogen-bond acceptors (Lipinski definition) is 5. The van der Waals surface area contributed by atoms with Gasteiger partial charge in [-0.25, -0.2) is 4.68 Å². The highest BCUT2D eigenvalue weighted by atomic mass is 35.5. The number of aromatic nitrogens is 2. The van der Waals surface area contributed by atoms with Gasteiger partial charge in [0.25, 0.3) is 5.91 Å². The number of amides is 1. The van der Waals surface area contributed by atoms with Crippen molar-refractivity contribution in [2.24, 2.45) is 0 Å². The Morgan fingerprint density at radius 2 is 1.87 bits per heavy atom. The van der Waals surface area contributed by atoms with E-state index in [1.165, 1.54) is 10.9 Å². The van der Waals surface area contributed by atoms with Crippen molar-refractivity contribution in [1.29, 1.82) is 5.26 Å². The summed E-state index contributed by atoms with van der Waals surface area (Å²) >= 11 is 5.96. The zero-order valence-corrected chi connectivity index (χ0v) is 17.3. The number of carbonyl (C=O) groups is 2. The summed E-state index contributed by atoms with van der Waals surface area (Å²) in [6, 6.07) is 18.2. The number of nitrogens with zero attached hydrogens (tertiary/aromatic N) is 3. The third-order valence-electron chi connectivity index (χ3n) is 5.48. The van der Waals surface area contributed by atoms with E-state index in [0.29, 0.717) is 23.6 Å². The maximum Gasteiger partial charge on any atom is 0.317 e. The van der Waals surface area contributed by atoms with E-state index in [0.717, 1.165) is 12.0 Å². The second-order valence-electron chi connectivity index (χ2n) is 7.33. The fourth-order valence-corrected chi connectivity index (χ4v) is 3.79. The second-order valence-corrected chi connectivity index (χ2v) is 7.77. The molecule has 1 N–H and O–H groups in total. The second kappa shape index (κ2) is 8.62. The van der Waals surface area contributed by atoms with Crippen LogP contribution < -0.4 is 5.32 Å². The maximum atomic E-state index is 12.8. The van der Waals surface area contributed by atoms with Crippen molar-refractivity contribution in [3.8, 4) is 11.8 Å². The molecule has 1 aromatic heterocycles. The molecular weight excluding hydrogens is 416 g/mol. The molecule has 1 amide bonds. The van der Waals surface area contributed by atoms with Crippen LogP contribution in [0.1, 0.15) is 30.4 Å². The predicted molar refractivity (Wildman–Crippen MR) is 115 cm³/mol. The van der Waals surface area contributed by atoms with Crippen molar-refractivity contribution in [3.05, 3.63) is 76.9 Å². The van der Waals surface area contributed by atoms with E-state index >= 15 is 0 Å². The van der Waals surface area contributed by atoms with Crippen LogP contribution >= 0.6 is 11.6 Å². The molecule has 0 aliphatic heterocycles. The number of carbonyl (C=O) groups excluding carboxylic acids is 2. The van der Waals surface area contributed by atoms with Gasteiger partial charge in [-0.05, 0) is 42.7 Å². The van der Waals surface area contributed by atoms with Crippen molar-refractivity contribution >= 4 is 29.3 Å². The minimum absolute atomic E-state index is 0.208. The molecule has 3 aromatic rings. The highest BCUT2D eigenvalue weighted by molar-refractivity contribution is 6.30. The van der Waals surface area contributed by atoms with Gasteiger partial charge < -0.3 is 10.1 Å². The Labute approximate surface area is 184 Å². The minimum Gasteiger partial charge on any atom is -0.455 e. The van der Waals surface area contributed by atoms with Crippen molar-refractivity contribution in [1.82, 2.24) is 9.78 Å². The lowest BCUT2D eigenvalue weighted by molar-refractivity contribution is -0.156. The van der Waals surface area contributed by atoms with Gasteiger partial charge in [0.05, 0.1) is 17.3 Å². The summed E-state index contributed by atoms with van der Waals surface area (Å²) in [7, 11) is 0. The van der Waals surface area contributed by atoms with Crippen molar-refractivity contribution < 1.29 is 14.3 Å². The Bertz CT molecular complexity index is 1150. The molecule has 156 valence electrons. The number of rotatable bonds is 6. The topological polar surface area (TPSA) is 97.0 Å². The minimum atomic E-state index is -0.742. The van der Waals surface area contributed by atoms with Crippen LogP contribution in [-0.4, -0.2) is 28.3 Å². The van der Waals surface area contributed by atoms with Gasteiger partial charge >= 0.3 is 5.97 Å². The summed E-state index contributed by atoms with van der Waals surface area (Å²) < 4.78 is 6.82. The molecule has 31 heavy (non-hydrogen) atoms. The van der Waals surface area contributed by atoms with Crippen LogP contribution in [0.2, 0.25) is 5.02 Å². The number of nitrogens with one attached hydrogen (secondary N) is 1. The molecular formula is C23H19ClN4O3. The van der Waals surface area contributed by atoms with Crippen LogP contribution in [0.3, 0.4) is 0 Å². The standard InChI is InChI=1S/C23H19ClN4O3/c24-18-9-7-17(8-10-18)23(11-4-12-23)22(30)31-15-20(29)27-21-16(13-25)14-26-28(21)19-5-2-1-3-6-19/h1-3,5-10,14H,4,11-12,15H2,(H,27,29). The summed E-state index contributed by atoms with van der Waals surface area (Å²) in [5, 5.41) is 16.8. The smallest absolute Gasteiger partial charge is 0.317 e. The maximum absolute atomic E-state index is 12.8. The van der Waals surface area contributed by atoms with E-state index in [9.17, 15) is 14.9 Å². The van der Waals surface area contributed by atoms with E-state index in [1.54, 1.807) is 24.3 Å². The Hall–Kier alpha value is -3.63. The van der Waals surface area contributed by atoms with Gasteiger partial charge in [-0.3, -0.25) is 9.59 Å². The Balaban J connectivity index is 1.45. The molecule has 7 nitrogen and oxygen atoms in total. The highest BCUT2D eigenvalue weighted by Crippen LogP contribution is 2.45. The number of anilines is 1. The molecule has 0 radical (unpaired) electrons. The molecule has 0 bridgehead atoms. The number of para-hydroxylation sites is 1. The Morgan fingerprint density at radius 1 is 1.16 bits per heavy atom. The zero-order chi connectivity index (χ0) is 21.8. The normalized spacial score (nSPS) is 14.2. The average molecular weight is 435 g/mol. The van der Waals surface area contributed by atoms with Crippen LogP contribution in [0.15, 0.2) is 60.8 Å². The summed E-state index contributed by atoms with van der Waals surface area (Å²) in [5.74, 6) is -0.757. The number of hydrogen-bond donors (Lipinski definition) is 1. The lowest BCUT2D eigenvalue weighted by atomic mass is 9.64. The van der Waals surface area contributed by atoms with Gasteiger partial charge in [0.15, 0.2) is 12.4 Å². The van der Waals surface area contributed by atoms with Gasteiger partial charge in [0.1, 0.15) is 11.6 Å². The molecule has 0 spiro atoms. The SMILES string of the molecule is N#Cc1cnn(-c2ccccc2)c1NC(=O)COC(=O)C1(c2ccc(Cl)cc2)CCC1. The van der Waals surface area contributed by atoms with E-state index < -0.39 is 23.9 Å². The number of halogens is 1. The lowest BCUT2D eigenvalue weighted by Crippen LogP contribution is -2.44. The van der Waals surface area contributed by atoms with Gasteiger partial charge in [0, 0.05) is 5.02 Å².